The third-order valence-electron chi connectivity index (χ3n) is 2.10. The number of hydrogen-bond donors (Lipinski definition) is 2. The maximum absolute atomic E-state index is 8.49. The van der Waals surface area contributed by atoms with Gasteiger partial charge in [-0.3, -0.25) is 0 Å². The Hall–Kier alpha value is -2.04. The molecule has 0 bridgehead atoms. The van der Waals surface area contributed by atoms with Gasteiger partial charge in [0.05, 0.1) is 0 Å². The number of benzene rings is 1. The molecule has 5 nitrogen and oxygen atoms in total. The van der Waals surface area contributed by atoms with Crippen molar-refractivity contribution in [3.05, 3.63) is 29.7 Å². The average molecular weight is 205 g/mol. The van der Waals surface area contributed by atoms with Crippen LogP contribution < -0.4 is 5.73 Å². The summed E-state index contributed by atoms with van der Waals surface area (Å²) in [5.41, 5.74) is 7.79. The zero-order valence-electron chi connectivity index (χ0n) is 8.27. The van der Waals surface area contributed by atoms with Gasteiger partial charge in [-0.1, -0.05) is 17.3 Å². The third-order valence-corrected chi connectivity index (χ3v) is 2.10. The van der Waals surface area contributed by atoms with Crippen molar-refractivity contribution in [2.24, 2.45) is 10.9 Å². The van der Waals surface area contributed by atoms with Crippen molar-refractivity contribution in [1.29, 1.82) is 0 Å². The molecule has 1 aromatic heterocycles. The van der Waals surface area contributed by atoms with Crippen LogP contribution in [-0.4, -0.2) is 16.0 Å². The fraction of sp³-hybridized carbons (Fsp3) is 0.200. The zero-order chi connectivity index (χ0) is 10.8. The van der Waals surface area contributed by atoms with Gasteiger partial charge in [0, 0.05) is 18.9 Å². The van der Waals surface area contributed by atoms with Crippen LogP contribution in [0.4, 0.5) is 0 Å². The number of oxazole rings is 1. The molecule has 0 saturated carbocycles. The SMILES string of the molecule is Cc1nc2cccc(C/C(N)=N/O)c2o1. The van der Waals surface area contributed by atoms with E-state index in [0.29, 0.717) is 17.9 Å². The molecule has 0 aliphatic carbocycles. The van der Waals surface area contributed by atoms with Crippen LogP contribution in [-0.2, 0) is 6.42 Å². The molecule has 78 valence electrons. The highest BCUT2D eigenvalue weighted by Crippen LogP contribution is 2.19. The number of hydrogen-bond acceptors (Lipinski definition) is 4. The second-order valence-corrected chi connectivity index (χ2v) is 3.27. The number of rotatable bonds is 2. The molecule has 1 heterocycles. The molecular weight excluding hydrogens is 194 g/mol. The number of para-hydroxylation sites is 1. The van der Waals surface area contributed by atoms with Crippen LogP contribution in [0, 0.1) is 6.92 Å². The van der Waals surface area contributed by atoms with Crippen LogP contribution in [0.15, 0.2) is 27.8 Å². The lowest BCUT2D eigenvalue weighted by Gasteiger charge is -1.99. The van der Waals surface area contributed by atoms with E-state index in [2.05, 4.69) is 10.1 Å². The number of aromatic nitrogens is 1. The van der Waals surface area contributed by atoms with Crippen LogP contribution in [0.3, 0.4) is 0 Å². The van der Waals surface area contributed by atoms with E-state index in [9.17, 15) is 0 Å². The average Bonchev–Trinajstić information content (AvgIpc) is 2.59. The van der Waals surface area contributed by atoms with E-state index >= 15 is 0 Å². The molecule has 0 atom stereocenters. The molecule has 0 aliphatic heterocycles. The van der Waals surface area contributed by atoms with E-state index in [1.807, 2.05) is 18.2 Å². The summed E-state index contributed by atoms with van der Waals surface area (Å²) in [6.07, 6.45) is 0.350. The van der Waals surface area contributed by atoms with E-state index in [0.717, 1.165) is 11.1 Å². The second kappa shape index (κ2) is 3.61. The van der Waals surface area contributed by atoms with Crippen molar-refractivity contribution in [3.63, 3.8) is 0 Å². The number of oxime groups is 1. The fourth-order valence-corrected chi connectivity index (χ4v) is 1.49. The van der Waals surface area contributed by atoms with Crippen molar-refractivity contribution in [2.75, 3.05) is 0 Å². The lowest BCUT2D eigenvalue weighted by molar-refractivity contribution is 0.317. The Bertz CT molecular complexity index is 516. The maximum atomic E-state index is 8.49. The predicted octanol–water partition coefficient (Wildman–Crippen LogP) is 1.43. The van der Waals surface area contributed by atoms with Crippen molar-refractivity contribution in [3.8, 4) is 0 Å². The smallest absolute Gasteiger partial charge is 0.192 e. The minimum absolute atomic E-state index is 0.150. The predicted molar refractivity (Wildman–Crippen MR) is 55.9 cm³/mol. The molecule has 0 fully saturated rings. The van der Waals surface area contributed by atoms with Crippen molar-refractivity contribution < 1.29 is 9.62 Å². The molecule has 0 radical (unpaired) electrons. The standard InChI is InChI=1S/C10H11N3O2/c1-6-12-8-4-2-3-7(10(8)15-6)5-9(11)13-14/h2-4,14H,5H2,1H3,(H2,11,13). The molecule has 1 aromatic carbocycles. The molecular formula is C10H11N3O2. The first-order chi connectivity index (χ1) is 7.20. The van der Waals surface area contributed by atoms with Crippen molar-refractivity contribution >= 4 is 16.9 Å². The molecule has 0 spiro atoms. The number of fused-ring (bicyclic) bond motifs is 1. The third kappa shape index (κ3) is 1.76. The number of nitrogens with zero attached hydrogens (tertiary/aromatic N) is 2. The minimum Gasteiger partial charge on any atom is -0.441 e. The molecule has 5 heteroatoms. The summed E-state index contributed by atoms with van der Waals surface area (Å²) < 4.78 is 5.44. The molecule has 2 rings (SSSR count). The summed E-state index contributed by atoms with van der Waals surface area (Å²) in [7, 11) is 0. The first-order valence-electron chi connectivity index (χ1n) is 4.52. The van der Waals surface area contributed by atoms with E-state index in [1.165, 1.54) is 0 Å². The Morgan fingerprint density at radius 3 is 3.13 bits per heavy atom. The van der Waals surface area contributed by atoms with Crippen LogP contribution in [0.25, 0.3) is 11.1 Å². The molecule has 0 aliphatic rings. The van der Waals surface area contributed by atoms with Gasteiger partial charge in [0.25, 0.3) is 0 Å². The van der Waals surface area contributed by atoms with Gasteiger partial charge >= 0.3 is 0 Å². The second-order valence-electron chi connectivity index (χ2n) is 3.27. The molecule has 0 unspecified atom stereocenters. The van der Waals surface area contributed by atoms with Crippen LogP contribution >= 0.6 is 0 Å². The van der Waals surface area contributed by atoms with Gasteiger partial charge in [-0.25, -0.2) is 4.98 Å². The van der Waals surface area contributed by atoms with Gasteiger partial charge in [-0.05, 0) is 6.07 Å². The lowest BCUT2D eigenvalue weighted by Crippen LogP contribution is -2.14. The Labute approximate surface area is 86.2 Å². The minimum atomic E-state index is 0.150. The van der Waals surface area contributed by atoms with E-state index in [4.69, 9.17) is 15.4 Å². The number of nitrogens with two attached hydrogens (primary N) is 1. The first-order valence-corrected chi connectivity index (χ1v) is 4.52. The molecule has 3 N–H and O–H groups in total. The molecule has 0 saturated heterocycles. The Morgan fingerprint density at radius 1 is 1.60 bits per heavy atom. The van der Waals surface area contributed by atoms with Gasteiger partial charge in [0.2, 0.25) is 0 Å². The van der Waals surface area contributed by atoms with Crippen LogP contribution in [0.2, 0.25) is 0 Å². The Morgan fingerprint density at radius 2 is 2.40 bits per heavy atom. The van der Waals surface area contributed by atoms with Crippen molar-refractivity contribution in [2.45, 2.75) is 13.3 Å². The van der Waals surface area contributed by atoms with Crippen LogP contribution in [0.1, 0.15) is 11.5 Å². The highest BCUT2D eigenvalue weighted by atomic mass is 16.4. The van der Waals surface area contributed by atoms with E-state index < -0.39 is 0 Å². The number of aryl methyl sites for hydroxylation is 1. The zero-order valence-corrected chi connectivity index (χ0v) is 8.27. The van der Waals surface area contributed by atoms with E-state index in [1.54, 1.807) is 6.92 Å². The quantitative estimate of drug-likeness (QED) is 0.336. The topological polar surface area (TPSA) is 84.6 Å². The summed E-state index contributed by atoms with van der Waals surface area (Å²) in [6, 6.07) is 5.59. The normalized spacial score (nSPS) is 12.2. The maximum Gasteiger partial charge on any atom is 0.192 e. The van der Waals surface area contributed by atoms with Crippen LogP contribution in [0.5, 0.6) is 0 Å². The van der Waals surface area contributed by atoms with Gasteiger partial charge in [0.15, 0.2) is 11.5 Å². The molecule has 15 heavy (non-hydrogen) atoms. The fourth-order valence-electron chi connectivity index (χ4n) is 1.49. The summed E-state index contributed by atoms with van der Waals surface area (Å²) in [6.45, 7) is 1.78. The summed E-state index contributed by atoms with van der Waals surface area (Å²) in [5.74, 6) is 0.758. The van der Waals surface area contributed by atoms with Gasteiger partial charge in [0.1, 0.15) is 11.4 Å². The molecule has 0 amide bonds. The first kappa shape index (κ1) is 9.51. The molecule has 2 aromatic rings. The highest BCUT2D eigenvalue weighted by molar-refractivity contribution is 5.87. The monoisotopic (exact) mass is 205 g/mol. The summed E-state index contributed by atoms with van der Waals surface area (Å²) >= 11 is 0. The van der Waals surface area contributed by atoms with Gasteiger partial charge in [-0.15, -0.1) is 0 Å². The Kier molecular flexibility index (Phi) is 2.29. The summed E-state index contributed by atoms with van der Waals surface area (Å²) in [4.78, 5) is 4.20. The lowest BCUT2D eigenvalue weighted by atomic mass is 10.1. The van der Waals surface area contributed by atoms with E-state index in [-0.39, 0.29) is 5.84 Å². The summed E-state index contributed by atoms with van der Waals surface area (Å²) in [5, 5.41) is 11.4. The Balaban J connectivity index is 2.50. The number of amidine groups is 1. The largest absolute Gasteiger partial charge is 0.441 e. The van der Waals surface area contributed by atoms with Gasteiger partial charge in [-0.2, -0.15) is 0 Å². The highest BCUT2D eigenvalue weighted by Gasteiger charge is 2.08. The van der Waals surface area contributed by atoms with Crippen molar-refractivity contribution in [1.82, 2.24) is 4.98 Å². The van der Waals surface area contributed by atoms with Gasteiger partial charge < -0.3 is 15.4 Å².